The van der Waals surface area contributed by atoms with Gasteiger partial charge in [0.15, 0.2) is 0 Å². The van der Waals surface area contributed by atoms with Gasteiger partial charge in [0.05, 0.1) is 11.2 Å². The first-order chi connectivity index (χ1) is 16.7. The second-order valence-electron chi connectivity index (χ2n) is 8.96. The van der Waals surface area contributed by atoms with Crippen LogP contribution in [0.4, 0.5) is 0 Å². The van der Waals surface area contributed by atoms with Crippen LogP contribution in [0.2, 0.25) is 0 Å². The maximum Gasteiger partial charge on any atom is 0.145 e. The standard InChI is InChI=1S/C31H25N3/c1-21(2)28-20-32-29(18-26(28)22-11-5-3-6-12-22)23-17-27-25-15-9-10-16-30(25)34(31(27)33-19-23)24-13-7-4-8-14-24/h3-21H,1-2H3. The normalized spacial score (nSPS) is 11.5. The molecule has 0 aliphatic carbocycles. The molecule has 0 bridgehead atoms. The summed E-state index contributed by atoms with van der Waals surface area (Å²) < 4.78 is 2.24. The topological polar surface area (TPSA) is 30.7 Å². The van der Waals surface area contributed by atoms with Gasteiger partial charge in [0.2, 0.25) is 0 Å². The number of nitrogens with zero attached hydrogens (tertiary/aromatic N) is 3. The first-order valence-electron chi connectivity index (χ1n) is 11.7. The zero-order valence-corrected chi connectivity index (χ0v) is 19.3. The molecule has 3 aromatic carbocycles. The highest BCUT2D eigenvalue weighted by molar-refractivity contribution is 6.08. The Labute approximate surface area is 199 Å². The van der Waals surface area contributed by atoms with Gasteiger partial charge in [0, 0.05) is 34.4 Å². The van der Waals surface area contributed by atoms with E-state index in [0.29, 0.717) is 5.92 Å². The fourth-order valence-corrected chi connectivity index (χ4v) is 4.77. The van der Waals surface area contributed by atoms with Crippen molar-refractivity contribution in [1.29, 1.82) is 0 Å². The zero-order valence-electron chi connectivity index (χ0n) is 19.3. The van der Waals surface area contributed by atoms with E-state index in [9.17, 15) is 0 Å². The summed E-state index contributed by atoms with van der Waals surface area (Å²) in [6, 6.07) is 33.9. The van der Waals surface area contributed by atoms with Gasteiger partial charge in [0.1, 0.15) is 5.65 Å². The maximum atomic E-state index is 4.95. The van der Waals surface area contributed by atoms with Crippen molar-refractivity contribution < 1.29 is 0 Å². The summed E-state index contributed by atoms with van der Waals surface area (Å²) in [6.45, 7) is 4.43. The molecular formula is C31H25N3. The number of pyridine rings is 2. The Morgan fingerprint density at radius 2 is 1.35 bits per heavy atom. The lowest BCUT2D eigenvalue weighted by atomic mass is 9.93. The van der Waals surface area contributed by atoms with Crippen LogP contribution in [-0.2, 0) is 0 Å². The van der Waals surface area contributed by atoms with Crippen molar-refractivity contribution in [2.24, 2.45) is 0 Å². The average Bonchev–Trinajstić information content (AvgIpc) is 3.23. The monoisotopic (exact) mass is 439 g/mol. The van der Waals surface area contributed by atoms with Crippen LogP contribution in [0.5, 0.6) is 0 Å². The molecule has 6 aromatic rings. The van der Waals surface area contributed by atoms with E-state index >= 15 is 0 Å². The molecule has 0 radical (unpaired) electrons. The molecular weight excluding hydrogens is 414 g/mol. The Balaban J connectivity index is 1.57. The van der Waals surface area contributed by atoms with Crippen LogP contribution in [-0.4, -0.2) is 14.5 Å². The number of benzene rings is 3. The van der Waals surface area contributed by atoms with Crippen LogP contribution in [0.3, 0.4) is 0 Å². The quantitative estimate of drug-likeness (QED) is 0.278. The number of para-hydroxylation sites is 2. The summed E-state index contributed by atoms with van der Waals surface area (Å²) in [5.74, 6) is 0.390. The summed E-state index contributed by atoms with van der Waals surface area (Å²) in [7, 11) is 0. The summed E-state index contributed by atoms with van der Waals surface area (Å²) in [5.41, 5.74) is 8.88. The minimum absolute atomic E-state index is 0.390. The predicted octanol–water partition coefficient (Wildman–Crippen LogP) is 8.03. The molecule has 0 N–H and O–H groups in total. The molecule has 0 saturated carbocycles. The van der Waals surface area contributed by atoms with Gasteiger partial charge in [-0.1, -0.05) is 80.6 Å². The van der Waals surface area contributed by atoms with Crippen molar-refractivity contribution >= 4 is 21.9 Å². The Hall–Kier alpha value is -4.24. The van der Waals surface area contributed by atoms with Gasteiger partial charge in [-0.25, -0.2) is 4.98 Å². The number of rotatable bonds is 4. The van der Waals surface area contributed by atoms with Crippen LogP contribution >= 0.6 is 0 Å². The molecule has 0 aliphatic rings. The second-order valence-corrected chi connectivity index (χ2v) is 8.96. The van der Waals surface area contributed by atoms with E-state index in [1.165, 1.54) is 22.1 Å². The number of hydrogen-bond acceptors (Lipinski definition) is 2. The molecule has 164 valence electrons. The molecule has 3 aromatic heterocycles. The fourth-order valence-electron chi connectivity index (χ4n) is 4.77. The van der Waals surface area contributed by atoms with Crippen molar-refractivity contribution in [3.63, 3.8) is 0 Å². The highest BCUT2D eigenvalue weighted by Crippen LogP contribution is 2.35. The first-order valence-corrected chi connectivity index (χ1v) is 11.7. The predicted molar refractivity (Wildman–Crippen MR) is 141 cm³/mol. The molecule has 0 spiro atoms. The Bertz CT molecular complexity index is 1610. The third kappa shape index (κ3) is 3.37. The molecule has 0 saturated heterocycles. The summed E-state index contributed by atoms with van der Waals surface area (Å²) in [4.78, 5) is 9.82. The number of hydrogen-bond donors (Lipinski definition) is 0. The lowest BCUT2D eigenvalue weighted by Crippen LogP contribution is -1.97. The molecule has 3 heterocycles. The molecule has 0 fully saturated rings. The summed E-state index contributed by atoms with van der Waals surface area (Å²) >= 11 is 0. The maximum absolute atomic E-state index is 4.95. The third-order valence-corrected chi connectivity index (χ3v) is 6.47. The van der Waals surface area contributed by atoms with Gasteiger partial charge < -0.3 is 0 Å². The molecule has 34 heavy (non-hydrogen) atoms. The summed E-state index contributed by atoms with van der Waals surface area (Å²) in [5, 5.41) is 2.32. The van der Waals surface area contributed by atoms with E-state index < -0.39 is 0 Å². The van der Waals surface area contributed by atoms with Crippen LogP contribution < -0.4 is 0 Å². The number of fused-ring (bicyclic) bond motifs is 3. The van der Waals surface area contributed by atoms with Crippen LogP contribution in [0, 0.1) is 0 Å². The van der Waals surface area contributed by atoms with Crippen molar-refractivity contribution in [3.05, 3.63) is 115 Å². The van der Waals surface area contributed by atoms with E-state index in [4.69, 9.17) is 9.97 Å². The molecule has 3 nitrogen and oxygen atoms in total. The zero-order chi connectivity index (χ0) is 23.1. The smallest absolute Gasteiger partial charge is 0.145 e. The minimum atomic E-state index is 0.390. The minimum Gasteiger partial charge on any atom is -0.294 e. The van der Waals surface area contributed by atoms with Crippen molar-refractivity contribution in [2.45, 2.75) is 19.8 Å². The SMILES string of the molecule is CC(C)c1cnc(-c2cnc3c(c2)c2ccccc2n3-c2ccccc2)cc1-c1ccccc1. The van der Waals surface area contributed by atoms with Gasteiger partial charge in [-0.05, 0) is 52.9 Å². The molecule has 3 heteroatoms. The van der Waals surface area contributed by atoms with Crippen LogP contribution in [0.25, 0.3) is 50.0 Å². The first kappa shape index (κ1) is 20.4. The van der Waals surface area contributed by atoms with Gasteiger partial charge >= 0.3 is 0 Å². The average molecular weight is 440 g/mol. The molecule has 0 aliphatic heterocycles. The van der Waals surface area contributed by atoms with E-state index in [2.05, 4.69) is 109 Å². The number of aromatic nitrogens is 3. The van der Waals surface area contributed by atoms with E-state index in [0.717, 1.165) is 33.5 Å². The van der Waals surface area contributed by atoms with Gasteiger partial charge in [-0.2, -0.15) is 0 Å². The lowest BCUT2D eigenvalue weighted by molar-refractivity contribution is 0.861. The van der Waals surface area contributed by atoms with Crippen molar-refractivity contribution in [1.82, 2.24) is 14.5 Å². The van der Waals surface area contributed by atoms with E-state index in [1.54, 1.807) is 0 Å². The largest absolute Gasteiger partial charge is 0.294 e. The van der Waals surface area contributed by atoms with Crippen LogP contribution in [0.15, 0.2) is 109 Å². The highest BCUT2D eigenvalue weighted by Gasteiger charge is 2.16. The van der Waals surface area contributed by atoms with Crippen molar-refractivity contribution in [3.8, 4) is 28.1 Å². The molecule has 6 rings (SSSR count). The summed E-state index contributed by atoms with van der Waals surface area (Å²) in [6.07, 6.45) is 3.98. The van der Waals surface area contributed by atoms with Gasteiger partial charge in [-0.15, -0.1) is 0 Å². The highest BCUT2D eigenvalue weighted by atomic mass is 15.0. The molecule has 0 atom stereocenters. The van der Waals surface area contributed by atoms with Gasteiger partial charge in [-0.3, -0.25) is 9.55 Å². The molecule has 0 unspecified atom stereocenters. The van der Waals surface area contributed by atoms with E-state index in [-0.39, 0.29) is 0 Å². The van der Waals surface area contributed by atoms with Gasteiger partial charge in [0.25, 0.3) is 0 Å². The third-order valence-electron chi connectivity index (χ3n) is 6.47. The van der Waals surface area contributed by atoms with Crippen LogP contribution in [0.1, 0.15) is 25.3 Å². The fraction of sp³-hybridized carbons (Fsp3) is 0.0968. The molecule has 0 amide bonds. The second kappa shape index (κ2) is 8.27. The Kier molecular flexibility index (Phi) is 4.96. The van der Waals surface area contributed by atoms with Crippen molar-refractivity contribution in [2.75, 3.05) is 0 Å². The van der Waals surface area contributed by atoms with E-state index in [1.807, 2.05) is 18.5 Å². The lowest BCUT2D eigenvalue weighted by Gasteiger charge is -2.14. The Morgan fingerprint density at radius 3 is 2.12 bits per heavy atom. The Morgan fingerprint density at radius 1 is 0.647 bits per heavy atom.